The summed E-state index contributed by atoms with van der Waals surface area (Å²) in [4.78, 5) is 0. The number of anilines is 1. The quantitative estimate of drug-likeness (QED) is 0.927. The molecular weight excluding hydrogens is 256 g/mol. The molecule has 2 N–H and O–H groups in total. The number of benzene rings is 1. The van der Waals surface area contributed by atoms with Crippen molar-refractivity contribution in [3.05, 3.63) is 22.7 Å². The second-order valence-electron chi connectivity index (χ2n) is 3.71. The van der Waals surface area contributed by atoms with Gasteiger partial charge >= 0.3 is 0 Å². The Labute approximate surface area is 109 Å². The molecule has 5 nitrogen and oxygen atoms in total. The van der Waals surface area contributed by atoms with Gasteiger partial charge in [0, 0.05) is 11.6 Å². The molecule has 18 heavy (non-hydrogen) atoms. The van der Waals surface area contributed by atoms with E-state index in [4.69, 9.17) is 31.3 Å². The van der Waals surface area contributed by atoms with Crippen LogP contribution in [0.4, 0.5) is 5.82 Å². The number of hydrogen-bond donors (Lipinski definition) is 1. The van der Waals surface area contributed by atoms with E-state index < -0.39 is 0 Å². The lowest BCUT2D eigenvalue weighted by Gasteiger charge is -2.13. The van der Waals surface area contributed by atoms with Crippen molar-refractivity contribution in [2.75, 3.05) is 20.0 Å². The lowest BCUT2D eigenvalue weighted by atomic mass is 10.1. The second-order valence-corrected chi connectivity index (χ2v) is 4.09. The van der Waals surface area contributed by atoms with E-state index in [-0.39, 0.29) is 0 Å². The molecule has 1 aromatic carbocycles. The molecule has 0 saturated carbocycles. The molecule has 0 spiro atoms. The van der Waals surface area contributed by atoms with Crippen molar-refractivity contribution in [2.45, 2.75) is 6.92 Å². The van der Waals surface area contributed by atoms with Crippen molar-refractivity contribution >= 4 is 17.4 Å². The topological polar surface area (TPSA) is 70.5 Å². The minimum absolute atomic E-state index is 0.294. The molecule has 6 heteroatoms. The maximum atomic E-state index is 6.24. The third kappa shape index (κ3) is 1.97. The predicted octanol–water partition coefficient (Wildman–Crippen LogP) is 2.90. The lowest BCUT2D eigenvalue weighted by Crippen LogP contribution is -1.95. The van der Waals surface area contributed by atoms with Crippen LogP contribution in [0.3, 0.4) is 0 Å². The van der Waals surface area contributed by atoms with Crippen molar-refractivity contribution in [3.8, 4) is 22.8 Å². The molecule has 0 fully saturated rings. The van der Waals surface area contributed by atoms with Gasteiger partial charge in [-0.3, -0.25) is 0 Å². The molecule has 2 rings (SSSR count). The third-order valence-electron chi connectivity index (χ3n) is 2.64. The Morgan fingerprint density at radius 1 is 1.28 bits per heavy atom. The Hall–Kier alpha value is -1.88. The summed E-state index contributed by atoms with van der Waals surface area (Å²) >= 11 is 6.24. The van der Waals surface area contributed by atoms with Crippen molar-refractivity contribution in [1.82, 2.24) is 5.16 Å². The van der Waals surface area contributed by atoms with E-state index in [0.717, 1.165) is 5.56 Å². The SMILES string of the molecule is COc1cc(-c2cc(N)no2)c(OC)c(Cl)c1C. The van der Waals surface area contributed by atoms with Crippen molar-refractivity contribution in [3.63, 3.8) is 0 Å². The van der Waals surface area contributed by atoms with Gasteiger partial charge in [0.15, 0.2) is 11.6 Å². The first-order valence-electron chi connectivity index (χ1n) is 5.22. The van der Waals surface area contributed by atoms with E-state index in [2.05, 4.69) is 5.16 Å². The number of nitrogen functional groups attached to an aromatic ring is 1. The first kappa shape index (κ1) is 12.6. The highest BCUT2D eigenvalue weighted by atomic mass is 35.5. The highest BCUT2D eigenvalue weighted by molar-refractivity contribution is 6.33. The van der Waals surface area contributed by atoms with Crippen LogP contribution in [0.5, 0.6) is 11.5 Å². The minimum Gasteiger partial charge on any atom is -0.496 e. The predicted molar refractivity (Wildman–Crippen MR) is 69.2 cm³/mol. The number of rotatable bonds is 3. The molecule has 0 saturated heterocycles. The molecule has 1 heterocycles. The summed E-state index contributed by atoms with van der Waals surface area (Å²) in [6, 6.07) is 3.38. The standard InChI is InChI=1S/C12H13ClN2O3/c1-6-8(16-2)4-7(12(17-3)11(6)13)9-5-10(14)15-18-9/h4-5H,1-3H3,(H2,14,15). The fourth-order valence-corrected chi connectivity index (χ4v) is 1.98. The van der Waals surface area contributed by atoms with Crippen LogP contribution < -0.4 is 15.2 Å². The molecule has 2 aromatic rings. The Kier molecular flexibility index (Phi) is 3.34. The molecule has 0 unspecified atom stereocenters. The normalized spacial score (nSPS) is 10.4. The Morgan fingerprint density at radius 3 is 2.50 bits per heavy atom. The van der Waals surface area contributed by atoms with Gasteiger partial charge in [-0.15, -0.1) is 0 Å². The molecule has 96 valence electrons. The highest BCUT2D eigenvalue weighted by Crippen LogP contribution is 2.43. The number of nitrogens with two attached hydrogens (primary N) is 1. The molecule has 0 aliphatic heterocycles. The average molecular weight is 269 g/mol. The van der Waals surface area contributed by atoms with E-state index in [1.165, 1.54) is 7.11 Å². The molecule has 0 radical (unpaired) electrons. The van der Waals surface area contributed by atoms with Gasteiger partial charge in [-0.25, -0.2) is 0 Å². The maximum absolute atomic E-state index is 6.24. The van der Waals surface area contributed by atoms with Crippen LogP contribution in [0.2, 0.25) is 5.02 Å². The van der Waals surface area contributed by atoms with Crippen LogP contribution in [0, 0.1) is 6.92 Å². The molecule has 0 aliphatic rings. The lowest BCUT2D eigenvalue weighted by molar-refractivity contribution is 0.396. The molecule has 0 amide bonds. The van der Waals surface area contributed by atoms with Gasteiger partial charge < -0.3 is 19.7 Å². The number of aromatic nitrogens is 1. The second kappa shape index (κ2) is 4.78. The number of hydrogen-bond acceptors (Lipinski definition) is 5. The Balaban J connectivity index is 2.69. The van der Waals surface area contributed by atoms with Gasteiger partial charge in [0.05, 0.1) is 24.8 Å². The zero-order chi connectivity index (χ0) is 13.3. The highest BCUT2D eigenvalue weighted by Gasteiger charge is 2.19. The van der Waals surface area contributed by atoms with Crippen LogP contribution >= 0.6 is 11.6 Å². The summed E-state index contributed by atoms with van der Waals surface area (Å²) in [6.07, 6.45) is 0. The first-order valence-corrected chi connectivity index (χ1v) is 5.60. The zero-order valence-corrected chi connectivity index (χ0v) is 11.0. The summed E-state index contributed by atoms with van der Waals surface area (Å²) in [7, 11) is 3.11. The van der Waals surface area contributed by atoms with Crippen LogP contribution in [0.15, 0.2) is 16.7 Å². The van der Waals surface area contributed by atoms with E-state index in [0.29, 0.717) is 33.7 Å². The number of halogens is 1. The molecule has 1 aromatic heterocycles. The minimum atomic E-state index is 0.294. The maximum Gasteiger partial charge on any atom is 0.172 e. The number of nitrogens with zero attached hydrogens (tertiary/aromatic N) is 1. The first-order chi connectivity index (χ1) is 8.58. The smallest absolute Gasteiger partial charge is 0.172 e. The van der Waals surface area contributed by atoms with Crippen molar-refractivity contribution in [2.24, 2.45) is 0 Å². The van der Waals surface area contributed by atoms with Gasteiger partial charge in [-0.05, 0) is 13.0 Å². The molecule has 0 atom stereocenters. The van der Waals surface area contributed by atoms with Crippen LogP contribution in [0.1, 0.15) is 5.56 Å². The van der Waals surface area contributed by atoms with Crippen LogP contribution in [0.25, 0.3) is 11.3 Å². The van der Waals surface area contributed by atoms with E-state index in [9.17, 15) is 0 Å². The van der Waals surface area contributed by atoms with Gasteiger partial charge in [-0.2, -0.15) is 0 Å². The van der Waals surface area contributed by atoms with E-state index in [1.54, 1.807) is 19.2 Å². The third-order valence-corrected chi connectivity index (χ3v) is 3.09. The fraction of sp³-hybridized carbons (Fsp3) is 0.250. The van der Waals surface area contributed by atoms with Crippen LogP contribution in [-0.2, 0) is 0 Å². The fourth-order valence-electron chi connectivity index (χ4n) is 1.71. The van der Waals surface area contributed by atoms with Crippen molar-refractivity contribution in [1.29, 1.82) is 0 Å². The van der Waals surface area contributed by atoms with Gasteiger partial charge in [0.1, 0.15) is 11.5 Å². The molecular formula is C12H13ClN2O3. The van der Waals surface area contributed by atoms with Gasteiger partial charge in [0.25, 0.3) is 0 Å². The Bertz CT molecular complexity index is 581. The Morgan fingerprint density at radius 2 is 2.00 bits per heavy atom. The summed E-state index contributed by atoms with van der Waals surface area (Å²) in [5.41, 5.74) is 6.98. The van der Waals surface area contributed by atoms with Gasteiger partial charge in [0.2, 0.25) is 0 Å². The molecule has 0 aliphatic carbocycles. The molecule has 0 bridgehead atoms. The zero-order valence-electron chi connectivity index (χ0n) is 10.3. The number of methoxy groups -OCH3 is 2. The summed E-state index contributed by atoms with van der Waals surface area (Å²) in [5, 5.41) is 4.11. The van der Waals surface area contributed by atoms with Gasteiger partial charge in [-0.1, -0.05) is 16.8 Å². The number of ether oxygens (including phenoxy) is 2. The summed E-state index contributed by atoms with van der Waals surface area (Å²) in [5.74, 6) is 1.92. The largest absolute Gasteiger partial charge is 0.496 e. The van der Waals surface area contributed by atoms with Crippen LogP contribution in [-0.4, -0.2) is 19.4 Å². The van der Waals surface area contributed by atoms with Crippen molar-refractivity contribution < 1.29 is 14.0 Å². The average Bonchev–Trinajstić information content (AvgIpc) is 2.79. The summed E-state index contributed by atoms with van der Waals surface area (Å²) < 4.78 is 15.7. The van der Waals surface area contributed by atoms with E-state index >= 15 is 0 Å². The summed E-state index contributed by atoms with van der Waals surface area (Å²) in [6.45, 7) is 1.85. The van der Waals surface area contributed by atoms with E-state index in [1.807, 2.05) is 6.92 Å². The monoisotopic (exact) mass is 268 g/mol.